The zero-order valence-corrected chi connectivity index (χ0v) is 16.2. The van der Waals surface area contributed by atoms with E-state index >= 15 is 0 Å². The number of thioether (sulfide) groups is 1. The quantitative estimate of drug-likeness (QED) is 0.622. The van der Waals surface area contributed by atoms with Crippen molar-refractivity contribution < 1.29 is 4.52 Å². The van der Waals surface area contributed by atoms with Crippen molar-refractivity contribution in [2.24, 2.45) is 0 Å². The zero-order valence-electron chi connectivity index (χ0n) is 15.4. The number of nitrogens with zero attached hydrogens (tertiary/aromatic N) is 6. The maximum absolute atomic E-state index is 5.48. The van der Waals surface area contributed by atoms with Crippen molar-refractivity contribution in [2.45, 2.75) is 62.4 Å². The Balaban J connectivity index is 1.60. The molecule has 0 radical (unpaired) electrons. The van der Waals surface area contributed by atoms with Gasteiger partial charge in [0.15, 0.2) is 16.8 Å². The molecule has 0 amide bonds. The van der Waals surface area contributed by atoms with Gasteiger partial charge in [-0.05, 0) is 31.9 Å². The molecule has 0 unspecified atom stereocenters. The van der Waals surface area contributed by atoms with Crippen LogP contribution in [0.3, 0.4) is 0 Å². The van der Waals surface area contributed by atoms with Gasteiger partial charge in [-0.1, -0.05) is 37.7 Å². The second-order valence-electron chi connectivity index (χ2n) is 7.61. The summed E-state index contributed by atoms with van der Waals surface area (Å²) in [5, 5.41) is 13.9. The molecule has 7 nitrogen and oxygen atoms in total. The van der Waals surface area contributed by atoms with Crippen molar-refractivity contribution in [1.82, 2.24) is 29.9 Å². The first-order chi connectivity index (χ1) is 12.4. The summed E-state index contributed by atoms with van der Waals surface area (Å²) >= 11 is 1.61. The van der Waals surface area contributed by atoms with Crippen molar-refractivity contribution in [1.29, 1.82) is 0 Å². The minimum Gasteiger partial charge on any atom is -0.338 e. The third-order valence-electron chi connectivity index (χ3n) is 4.26. The standard InChI is InChI=1S/C18H22N6OS/c1-11(15-20-16(23-25-15)18(2,3)4)26-17-22-21-14(24(17)13-5-6-13)12-7-9-19-10-8-12/h7-11,13H,5-6H2,1-4H3/t11-/m1/s1. The Labute approximate surface area is 156 Å². The molecule has 0 N–H and O–H groups in total. The molecule has 0 aliphatic heterocycles. The molecule has 1 aliphatic rings. The number of hydrogen-bond donors (Lipinski definition) is 0. The molecule has 0 aromatic carbocycles. The van der Waals surface area contributed by atoms with E-state index in [2.05, 4.69) is 57.6 Å². The topological polar surface area (TPSA) is 82.5 Å². The fraction of sp³-hybridized carbons (Fsp3) is 0.500. The normalized spacial score (nSPS) is 16.0. The minimum absolute atomic E-state index is 0.00518. The molecule has 1 saturated carbocycles. The molecular weight excluding hydrogens is 348 g/mol. The molecule has 0 bridgehead atoms. The summed E-state index contributed by atoms with van der Waals surface area (Å²) in [4.78, 5) is 8.66. The Kier molecular flexibility index (Phi) is 4.30. The minimum atomic E-state index is -0.130. The van der Waals surface area contributed by atoms with Crippen molar-refractivity contribution in [3.8, 4) is 11.4 Å². The zero-order chi connectivity index (χ0) is 18.3. The smallest absolute Gasteiger partial charge is 0.239 e. The predicted octanol–water partition coefficient (Wildman–Crippen LogP) is 4.21. The van der Waals surface area contributed by atoms with E-state index in [0.717, 1.165) is 35.2 Å². The summed E-state index contributed by atoms with van der Waals surface area (Å²) in [5.74, 6) is 2.24. The Bertz CT molecular complexity index is 894. The van der Waals surface area contributed by atoms with E-state index in [1.54, 1.807) is 24.2 Å². The van der Waals surface area contributed by atoms with Crippen LogP contribution in [-0.2, 0) is 5.41 Å². The van der Waals surface area contributed by atoms with Crippen LogP contribution in [-0.4, -0.2) is 29.9 Å². The average molecular weight is 370 g/mol. The van der Waals surface area contributed by atoms with Crippen LogP contribution in [0.2, 0.25) is 0 Å². The van der Waals surface area contributed by atoms with Crippen LogP contribution in [0.1, 0.15) is 63.5 Å². The van der Waals surface area contributed by atoms with Gasteiger partial charge in [-0.2, -0.15) is 4.98 Å². The number of rotatable bonds is 5. The Hall–Kier alpha value is -2.22. The summed E-state index contributed by atoms with van der Waals surface area (Å²) < 4.78 is 7.72. The lowest BCUT2D eigenvalue weighted by Gasteiger charge is -2.12. The second-order valence-corrected chi connectivity index (χ2v) is 8.92. The monoisotopic (exact) mass is 370 g/mol. The first kappa shape index (κ1) is 17.2. The highest BCUT2D eigenvalue weighted by Gasteiger charge is 2.32. The van der Waals surface area contributed by atoms with Gasteiger partial charge in [-0.3, -0.25) is 9.55 Å². The maximum Gasteiger partial charge on any atom is 0.239 e. The number of hydrogen-bond acceptors (Lipinski definition) is 7. The lowest BCUT2D eigenvalue weighted by atomic mass is 9.96. The van der Waals surface area contributed by atoms with Gasteiger partial charge in [0.25, 0.3) is 0 Å². The van der Waals surface area contributed by atoms with Crippen molar-refractivity contribution >= 4 is 11.8 Å². The fourth-order valence-electron chi connectivity index (χ4n) is 2.63. The van der Waals surface area contributed by atoms with Gasteiger partial charge in [-0.25, -0.2) is 0 Å². The first-order valence-corrected chi connectivity index (χ1v) is 9.67. The van der Waals surface area contributed by atoms with Gasteiger partial charge in [0.1, 0.15) is 0 Å². The van der Waals surface area contributed by atoms with Crippen LogP contribution in [0.25, 0.3) is 11.4 Å². The highest BCUT2D eigenvalue weighted by molar-refractivity contribution is 7.99. The van der Waals surface area contributed by atoms with Crippen LogP contribution in [0, 0.1) is 0 Å². The predicted molar refractivity (Wildman–Crippen MR) is 98.8 cm³/mol. The van der Waals surface area contributed by atoms with Crippen molar-refractivity contribution in [3.63, 3.8) is 0 Å². The molecule has 0 saturated heterocycles. The third kappa shape index (κ3) is 3.38. The van der Waals surface area contributed by atoms with Crippen LogP contribution >= 0.6 is 11.8 Å². The summed E-state index contributed by atoms with van der Waals surface area (Å²) in [6.45, 7) is 8.28. The van der Waals surface area contributed by atoms with E-state index in [9.17, 15) is 0 Å². The summed E-state index contributed by atoms with van der Waals surface area (Å²) in [7, 11) is 0. The molecule has 8 heteroatoms. The first-order valence-electron chi connectivity index (χ1n) is 8.79. The van der Waals surface area contributed by atoms with E-state index in [4.69, 9.17) is 4.52 Å². The number of aromatic nitrogens is 6. The van der Waals surface area contributed by atoms with Gasteiger partial charge < -0.3 is 4.52 Å². The molecule has 1 aliphatic carbocycles. The molecule has 3 aromatic rings. The van der Waals surface area contributed by atoms with Gasteiger partial charge >= 0.3 is 0 Å². The van der Waals surface area contributed by atoms with Crippen LogP contribution in [0.15, 0.2) is 34.2 Å². The van der Waals surface area contributed by atoms with Crippen molar-refractivity contribution in [2.75, 3.05) is 0 Å². The van der Waals surface area contributed by atoms with E-state index in [0.29, 0.717) is 11.9 Å². The lowest BCUT2D eigenvalue weighted by Crippen LogP contribution is -2.13. The number of pyridine rings is 1. The molecule has 0 spiro atoms. The van der Waals surface area contributed by atoms with Gasteiger partial charge in [0.2, 0.25) is 5.89 Å². The molecule has 26 heavy (non-hydrogen) atoms. The van der Waals surface area contributed by atoms with Crippen LogP contribution < -0.4 is 0 Å². The summed E-state index contributed by atoms with van der Waals surface area (Å²) in [5.41, 5.74) is 0.904. The molecule has 3 heterocycles. The molecule has 4 rings (SSSR count). The summed E-state index contributed by atoms with van der Waals surface area (Å²) in [6, 6.07) is 4.40. The average Bonchev–Trinajstić information content (AvgIpc) is 3.16. The molecule has 3 aromatic heterocycles. The Morgan fingerprint density at radius 1 is 1.19 bits per heavy atom. The Morgan fingerprint density at radius 2 is 1.92 bits per heavy atom. The van der Waals surface area contributed by atoms with Crippen molar-refractivity contribution in [3.05, 3.63) is 36.2 Å². The van der Waals surface area contributed by atoms with E-state index in [1.165, 1.54) is 0 Å². The second kappa shape index (κ2) is 6.50. The third-order valence-corrected chi connectivity index (χ3v) is 5.30. The fourth-order valence-corrected chi connectivity index (χ4v) is 3.58. The largest absolute Gasteiger partial charge is 0.338 e. The van der Waals surface area contributed by atoms with E-state index < -0.39 is 0 Å². The van der Waals surface area contributed by atoms with Gasteiger partial charge in [-0.15, -0.1) is 10.2 Å². The molecule has 1 fully saturated rings. The van der Waals surface area contributed by atoms with Gasteiger partial charge in [0, 0.05) is 29.4 Å². The molecular formula is C18H22N6OS. The Morgan fingerprint density at radius 3 is 2.54 bits per heavy atom. The highest BCUT2D eigenvalue weighted by Crippen LogP contribution is 2.43. The lowest BCUT2D eigenvalue weighted by molar-refractivity contribution is 0.364. The highest BCUT2D eigenvalue weighted by atomic mass is 32.2. The van der Waals surface area contributed by atoms with E-state index in [-0.39, 0.29) is 10.7 Å². The van der Waals surface area contributed by atoms with Crippen LogP contribution in [0.5, 0.6) is 0 Å². The SMILES string of the molecule is C[C@@H](Sc1nnc(-c2ccncc2)n1C1CC1)c1nc(C(C)(C)C)no1. The molecule has 136 valence electrons. The van der Waals surface area contributed by atoms with Crippen LogP contribution in [0.4, 0.5) is 0 Å². The van der Waals surface area contributed by atoms with Gasteiger partial charge in [0.05, 0.1) is 5.25 Å². The maximum atomic E-state index is 5.48. The molecule has 1 atom stereocenters. The van der Waals surface area contributed by atoms with E-state index in [1.807, 2.05) is 12.1 Å². The summed E-state index contributed by atoms with van der Waals surface area (Å²) in [6.07, 6.45) is 5.88.